The van der Waals surface area contributed by atoms with Crippen LogP contribution in [0.25, 0.3) is 0 Å². The molecule has 1 heterocycles. The third-order valence-electron chi connectivity index (χ3n) is 2.30. The molecular formula is C11H20N2O. The van der Waals surface area contributed by atoms with E-state index in [1.807, 2.05) is 12.1 Å². The summed E-state index contributed by atoms with van der Waals surface area (Å²) in [6.45, 7) is 6.01. The number of nitrogens with two attached hydrogens (primary N) is 1. The molecule has 1 aromatic heterocycles. The van der Waals surface area contributed by atoms with Gasteiger partial charge in [-0.15, -0.1) is 0 Å². The predicted octanol–water partition coefficient (Wildman–Crippen LogP) is 1.40. The lowest BCUT2D eigenvalue weighted by Crippen LogP contribution is -2.34. The Morgan fingerprint density at radius 3 is 2.86 bits per heavy atom. The Labute approximate surface area is 85.7 Å². The average Bonchev–Trinajstić information content (AvgIpc) is 2.66. The maximum absolute atomic E-state index is 5.54. The minimum Gasteiger partial charge on any atom is -0.469 e. The molecule has 14 heavy (non-hydrogen) atoms. The van der Waals surface area contributed by atoms with Crippen LogP contribution in [0.5, 0.6) is 0 Å². The maximum Gasteiger partial charge on any atom is 0.105 e. The lowest BCUT2D eigenvalue weighted by molar-refractivity contribution is 0.429. The van der Waals surface area contributed by atoms with Crippen LogP contribution in [0.4, 0.5) is 0 Å². The van der Waals surface area contributed by atoms with Crippen LogP contribution in [0.3, 0.4) is 0 Å². The molecule has 0 aliphatic carbocycles. The predicted molar refractivity (Wildman–Crippen MR) is 58.1 cm³/mol. The summed E-state index contributed by atoms with van der Waals surface area (Å²) in [4.78, 5) is 0. The Hall–Kier alpha value is -0.800. The minimum atomic E-state index is 0.440. The zero-order chi connectivity index (χ0) is 10.4. The van der Waals surface area contributed by atoms with Gasteiger partial charge in [0.15, 0.2) is 0 Å². The molecule has 0 amide bonds. The summed E-state index contributed by atoms with van der Waals surface area (Å²) < 4.78 is 5.27. The summed E-state index contributed by atoms with van der Waals surface area (Å²) in [5, 5.41) is 3.43. The van der Waals surface area contributed by atoms with E-state index in [9.17, 15) is 0 Å². The highest BCUT2D eigenvalue weighted by atomic mass is 16.3. The third kappa shape index (κ3) is 3.94. The summed E-state index contributed by atoms with van der Waals surface area (Å²) >= 11 is 0. The van der Waals surface area contributed by atoms with E-state index in [4.69, 9.17) is 10.2 Å². The van der Waals surface area contributed by atoms with Crippen molar-refractivity contribution in [1.82, 2.24) is 5.32 Å². The quantitative estimate of drug-likeness (QED) is 0.723. The van der Waals surface area contributed by atoms with Gasteiger partial charge in [-0.2, -0.15) is 0 Å². The summed E-state index contributed by atoms with van der Waals surface area (Å²) in [5.74, 6) is 1.57. The Bertz CT molecular complexity index is 233. The van der Waals surface area contributed by atoms with E-state index in [-0.39, 0.29) is 0 Å². The number of rotatable bonds is 6. The molecule has 1 aromatic rings. The van der Waals surface area contributed by atoms with Crippen LogP contribution in [0.1, 0.15) is 19.6 Å². The lowest BCUT2D eigenvalue weighted by atomic mass is 10.1. The highest BCUT2D eigenvalue weighted by Crippen LogP contribution is 2.03. The number of nitrogens with one attached hydrogen (secondary N) is 1. The minimum absolute atomic E-state index is 0.440. The van der Waals surface area contributed by atoms with Gasteiger partial charge in [-0.3, -0.25) is 0 Å². The largest absolute Gasteiger partial charge is 0.469 e. The van der Waals surface area contributed by atoms with E-state index in [0.29, 0.717) is 12.0 Å². The molecular weight excluding hydrogens is 176 g/mol. The molecule has 0 aliphatic rings. The van der Waals surface area contributed by atoms with Gasteiger partial charge in [0.1, 0.15) is 5.76 Å². The van der Waals surface area contributed by atoms with Gasteiger partial charge in [0, 0.05) is 12.5 Å². The second-order valence-electron chi connectivity index (χ2n) is 3.93. The molecule has 80 valence electrons. The molecule has 2 unspecified atom stereocenters. The maximum atomic E-state index is 5.54. The van der Waals surface area contributed by atoms with Gasteiger partial charge in [-0.25, -0.2) is 0 Å². The van der Waals surface area contributed by atoms with Gasteiger partial charge in [0.2, 0.25) is 0 Å². The van der Waals surface area contributed by atoms with Crippen LogP contribution in [0, 0.1) is 5.92 Å². The molecule has 0 fully saturated rings. The first kappa shape index (κ1) is 11.3. The highest BCUT2D eigenvalue weighted by Gasteiger charge is 2.06. The standard InChI is InChI=1S/C11H20N2O/c1-9(7-12)8-13-10(2)6-11-4-3-5-14-11/h3-5,9-10,13H,6-8,12H2,1-2H3. The van der Waals surface area contributed by atoms with Gasteiger partial charge in [0.25, 0.3) is 0 Å². The first-order valence-electron chi connectivity index (χ1n) is 5.18. The fourth-order valence-corrected chi connectivity index (χ4v) is 1.29. The van der Waals surface area contributed by atoms with Gasteiger partial charge in [-0.1, -0.05) is 6.92 Å². The molecule has 2 atom stereocenters. The topological polar surface area (TPSA) is 51.2 Å². The molecule has 1 rings (SSSR count). The lowest BCUT2D eigenvalue weighted by Gasteiger charge is -2.15. The van der Waals surface area contributed by atoms with E-state index in [2.05, 4.69) is 19.2 Å². The zero-order valence-corrected chi connectivity index (χ0v) is 8.99. The smallest absolute Gasteiger partial charge is 0.105 e. The van der Waals surface area contributed by atoms with Crippen molar-refractivity contribution in [1.29, 1.82) is 0 Å². The average molecular weight is 196 g/mol. The summed E-state index contributed by atoms with van der Waals surface area (Å²) in [7, 11) is 0. The molecule has 0 aliphatic heterocycles. The molecule has 3 heteroatoms. The van der Waals surface area contributed by atoms with Crippen molar-refractivity contribution in [3.8, 4) is 0 Å². The molecule has 0 saturated heterocycles. The van der Waals surface area contributed by atoms with E-state index < -0.39 is 0 Å². The Morgan fingerprint density at radius 2 is 2.29 bits per heavy atom. The molecule has 3 N–H and O–H groups in total. The molecule has 0 bridgehead atoms. The molecule has 0 aromatic carbocycles. The van der Waals surface area contributed by atoms with Crippen LogP contribution >= 0.6 is 0 Å². The zero-order valence-electron chi connectivity index (χ0n) is 8.99. The Morgan fingerprint density at radius 1 is 1.50 bits per heavy atom. The van der Waals surface area contributed by atoms with Crippen molar-refractivity contribution in [2.24, 2.45) is 11.7 Å². The van der Waals surface area contributed by atoms with Crippen molar-refractivity contribution in [3.05, 3.63) is 24.2 Å². The normalized spacial score (nSPS) is 15.4. The Balaban J connectivity index is 2.19. The van der Waals surface area contributed by atoms with Gasteiger partial charge < -0.3 is 15.5 Å². The second-order valence-corrected chi connectivity index (χ2v) is 3.93. The second kappa shape index (κ2) is 5.83. The molecule has 0 saturated carbocycles. The fourth-order valence-electron chi connectivity index (χ4n) is 1.29. The molecule has 3 nitrogen and oxygen atoms in total. The van der Waals surface area contributed by atoms with Crippen molar-refractivity contribution < 1.29 is 4.42 Å². The Kier molecular flexibility index (Phi) is 4.70. The van der Waals surface area contributed by atoms with Crippen LogP contribution in [0.15, 0.2) is 22.8 Å². The van der Waals surface area contributed by atoms with Crippen LogP contribution in [-0.2, 0) is 6.42 Å². The van der Waals surface area contributed by atoms with Gasteiger partial charge in [-0.05, 0) is 38.1 Å². The van der Waals surface area contributed by atoms with Crippen molar-refractivity contribution in [2.75, 3.05) is 13.1 Å². The van der Waals surface area contributed by atoms with Crippen LogP contribution < -0.4 is 11.1 Å². The number of hydrogen-bond acceptors (Lipinski definition) is 3. The molecule has 0 spiro atoms. The van der Waals surface area contributed by atoms with Crippen LogP contribution in [0.2, 0.25) is 0 Å². The SMILES string of the molecule is CC(CN)CNC(C)Cc1ccco1. The van der Waals surface area contributed by atoms with Crippen molar-refractivity contribution in [2.45, 2.75) is 26.3 Å². The third-order valence-corrected chi connectivity index (χ3v) is 2.30. The molecule has 0 radical (unpaired) electrons. The summed E-state index contributed by atoms with van der Waals surface area (Å²) in [5.41, 5.74) is 5.54. The monoisotopic (exact) mass is 196 g/mol. The summed E-state index contributed by atoms with van der Waals surface area (Å²) in [6.07, 6.45) is 2.65. The van der Waals surface area contributed by atoms with Gasteiger partial charge >= 0.3 is 0 Å². The first-order valence-corrected chi connectivity index (χ1v) is 5.18. The van der Waals surface area contributed by atoms with Crippen molar-refractivity contribution in [3.63, 3.8) is 0 Å². The first-order chi connectivity index (χ1) is 6.72. The van der Waals surface area contributed by atoms with E-state index >= 15 is 0 Å². The van der Waals surface area contributed by atoms with Crippen LogP contribution in [-0.4, -0.2) is 19.1 Å². The van der Waals surface area contributed by atoms with E-state index in [1.54, 1.807) is 6.26 Å². The number of hydrogen-bond donors (Lipinski definition) is 2. The summed E-state index contributed by atoms with van der Waals surface area (Å²) in [6, 6.07) is 4.37. The van der Waals surface area contributed by atoms with Crippen molar-refractivity contribution >= 4 is 0 Å². The van der Waals surface area contributed by atoms with E-state index in [1.165, 1.54) is 0 Å². The van der Waals surface area contributed by atoms with Gasteiger partial charge in [0.05, 0.1) is 6.26 Å². The van der Waals surface area contributed by atoms with E-state index in [0.717, 1.165) is 25.3 Å². The number of furan rings is 1. The fraction of sp³-hybridized carbons (Fsp3) is 0.636. The highest BCUT2D eigenvalue weighted by molar-refractivity contribution is 4.99.